The average Bonchev–Trinajstić information content (AvgIpc) is 2.55. The van der Waals surface area contributed by atoms with E-state index in [9.17, 15) is 9.59 Å². The first kappa shape index (κ1) is 17.4. The van der Waals surface area contributed by atoms with Gasteiger partial charge in [-0.15, -0.1) is 11.8 Å². The molecule has 128 valence electrons. The van der Waals surface area contributed by atoms with Crippen molar-refractivity contribution in [3.8, 4) is 0 Å². The molecule has 0 N–H and O–H groups in total. The molecule has 2 aromatic rings. The van der Waals surface area contributed by atoms with Crippen LogP contribution in [0.15, 0.2) is 41.3 Å². The first-order valence-corrected chi connectivity index (χ1v) is 9.93. The van der Waals surface area contributed by atoms with Crippen molar-refractivity contribution in [3.05, 3.63) is 62.6 Å². The van der Waals surface area contributed by atoms with Crippen molar-refractivity contribution in [2.45, 2.75) is 28.9 Å². The van der Waals surface area contributed by atoms with Crippen LogP contribution in [0.2, 0.25) is 15.1 Å². The predicted molar refractivity (Wildman–Crippen MR) is 102 cm³/mol. The molecule has 6 heteroatoms. The van der Waals surface area contributed by atoms with Gasteiger partial charge in [0.2, 0.25) is 0 Å². The molecule has 25 heavy (non-hydrogen) atoms. The van der Waals surface area contributed by atoms with E-state index >= 15 is 0 Å². The van der Waals surface area contributed by atoms with E-state index in [0.29, 0.717) is 27.1 Å². The predicted octanol–water partition coefficient (Wildman–Crippen LogP) is 6.07. The van der Waals surface area contributed by atoms with Crippen molar-refractivity contribution in [3.63, 3.8) is 0 Å². The van der Waals surface area contributed by atoms with Crippen LogP contribution < -0.4 is 0 Å². The molecule has 0 saturated heterocycles. The number of hydrogen-bond acceptors (Lipinski definition) is 3. The quantitative estimate of drug-likeness (QED) is 0.534. The second kappa shape index (κ2) is 6.62. The highest BCUT2D eigenvalue weighted by Gasteiger charge is 2.46. The molecule has 0 spiro atoms. The summed E-state index contributed by atoms with van der Waals surface area (Å²) in [4.78, 5) is 26.5. The number of fused-ring (bicyclic) bond motifs is 2. The Labute approximate surface area is 164 Å². The maximum Gasteiger partial charge on any atom is 0.175 e. The molecule has 2 nitrogen and oxygen atoms in total. The number of Topliss-reactive ketones (excluding diaryl/α,β-unsaturated/α-hetero) is 2. The summed E-state index contributed by atoms with van der Waals surface area (Å²) in [5, 5.41) is 1.59. The van der Waals surface area contributed by atoms with E-state index in [1.54, 1.807) is 36.0 Å². The summed E-state index contributed by atoms with van der Waals surface area (Å²) in [5.41, 5.74) is 1.49. The SMILES string of the molecule is O=C1CC(c2ccc(Cl)cc2Cl)CC2Sc3ccc(Cl)cc3C(=O)C12. The first-order chi connectivity index (χ1) is 11.9. The number of carbonyl (C=O) groups is 2. The molecule has 3 unspecified atom stereocenters. The molecule has 3 atom stereocenters. The Bertz CT molecular complexity index is 896. The monoisotopic (exact) mass is 410 g/mol. The van der Waals surface area contributed by atoms with Crippen molar-refractivity contribution in [2.75, 3.05) is 0 Å². The third-order valence-electron chi connectivity index (χ3n) is 4.85. The van der Waals surface area contributed by atoms with Gasteiger partial charge in [0.05, 0.1) is 5.92 Å². The zero-order valence-corrected chi connectivity index (χ0v) is 16.1. The van der Waals surface area contributed by atoms with Crippen LogP contribution >= 0.6 is 46.6 Å². The highest BCUT2D eigenvalue weighted by atomic mass is 35.5. The van der Waals surface area contributed by atoms with Gasteiger partial charge in [0, 0.05) is 37.2 Å². The molecule has 4 rings (SSSR count). The summed E-state index contributed by atoms with van der Waals surface area (Å²) in [7, 11) is 0. The lowest BCUT2D eigenvalue weighted by atomic mass is 9.74. The van der Waals surface area contributed by atoms with Gasteiger partial charge < -0.3 is 0 Å². The fourth-order valence-electron chi connectivity index (χ4n) is 3.71. The minimum Gasteiger partial charge on any atom is -0.299 e. The molecule has 1 fully saturated rings. The summed E-state index contributed by atoms with van der Waals surface area (Å²) in [6, 6.07) is 10.7. The molecule has 0 amide bonds. The minimum absolute atomic E-state index is 0.00710. The van der Waals surface area contributed by atoms with Gasteiger partial charge in [-0.05, 0) is 48.2 Å². The number of carbonyl (C=O) groups excluding carboxylic acids is 2. The number of thioether (sulfide) groups is 1. The molecule has 1 heterocycles. The van der Waals surface area contributed by atoms with Crippen LogP contribution in [0.4, 0.5) is 0 Å². The molecule has 0 bridgehead atoms. The van der Waals surface area contributed by atoms with Crippen LogP contribution in [0.1, 0.15) is 34.7 Å². The van der Waals surface area contributed by atoms with Gasteiger partial charge in [0.25, 0.3) is 0 Å². The van der Waals surface area contributed by atoms with E-state index in [1.165, 1.54) is 0 Å². The number of benzene rings is 2. The molecule has 0 radical (unpaired) electrons. The summed E-state index contributed by atoms with van der Waals surface area (Å²) < 4.78 is 0. The van der Waals surface area contributed by atoms with E-state index in [-0.39, 0.29) is 22.7 Å². The summed E-state index contributed by atoms with van der Waals surface area (Å²) in [5.74, 6) is -0.701. The minimum atomic E-state index is -0.585. The van der Waals surface area contributed by atoms with E-state index in [4.69, 9.17) is 34.8 Å². The van der Waals surface area contributed by atoms with Crippen LogP contribution in [0, 0.1) is 5.92 Å². The van der Waals surface area contributed by atoms with Gasteiger partial charge in [0.15, 0.2) is 5.78 Å². The Kier molecular flexibility index (Phi) is 4.61. The molecule has 2 aliphatic rings. The molecule has 2 aromatic carbocycles. The van der Waals surface area contributed by atoms with Crippen LogP contribution in [-0.2, 0) is 4.79 Å². The fraction of sp³-hybridized carbons (Fsp3) is 0.263. The third kappa shape index (κ3) is 3.12. The van der Waals surface area contributed by atoms with E-state index in [0.717, 1.165) is 16.9 Å². The lowest BCUT2D eigenvalue weighted by molar-refractivity contribution is -0.123. The Hall–Kier alpha value is -1.00. The van der Waals surface area contributed by atoms with Gasteiger partial charge in [0.1, 0.15) is 5.78 Å². The van der Waals surface area contributed by atoms with Crippen molar-refractivity contribution >= 4 is 58.1 Å². The maximum atomic E-state index is 12.8. The second-order valence-electron chi connectivity index (χ2n) is 6.41. The van der Waals surface area contributed by atoms with Crippen LogP contribution in [0.25, 0.3) is 0 Å². The standard InChI is InChI=1S/C19H13Cl3O2S/c20-10-2-4-16-13(7-10)19(24)18-15(23)5-9(6-17(18)25-16)12-3-1-11(21)8-14(12)22/h1-4,7-9,17-18H,5-6H2. The van der Waals surface area contributed by atoms with Crippen LogP contribution in [-0.4, -0.2) is 16.8 Å². The number of ketones is 2. The number of rotatable bonds is 1. The second-order valence-corrected chi connectivity index (χ2v) is 8.97. The van der Waals surface area contributed by atoms with Crippen molar-refractivity contribution in [1.82, 2.24) is 0 Å². The zero-order valence-electron chi connectivity index (χ0n) is 13.0. The van der Waals surface area contributed by atoms with E-state index in [2.05, 4.69) is 0 Å². The third-order valence-corrected chi connectivity index (χ3v) is 7.03. The highest BCUT2D eigenvalue weighted by molar-refractivity contribution is 8.00. The number of halogens is 3. The molecule has 1 aliphatic carbocycles. The van der Waals surface area contributed by atoms with Crippen molar-refractivity contribution in [1.29, 1.82) is 0 Å². The maximum absolute atomic E-state index is 12.8. The topological polar surface area (TPSA) is 34.1 Å². The summed E-state index contributed by atoms with van der Waals surface area (Å²) in [6.45, 7) is 0. The summed E-state index contributed by atoms with van der Waals surface area (Å²) >= 11 is 19.9. The Morgan fingerprint density at radius 1 is 0.960 bits per heavy atom. The van der Waals surface area contributed by atoms with Crippen molar-refractivity contribution < 1.29 is 9.59 Å². The van der Waals surface area contributed by atoms with Gasteiger partial charge in [-0.2, -0.15) is 0 Å². The highest BCUT2D eigenvalue weighted by Crippen LogP contribution is 2.48. The van der Waals surface area contributed by atoms with E-state index < -0.39 is 5.92 Å². The smallest absolute Gasteiger partial charge is 0.175 e. The van der Waals surface area contributed by atoms with Crippen molar-refractivity contribution in [2.24, 2.45) is 5.92 Å². The van der Waals surface area contributed by atoms with Gasteiger partial charge >= 0.3 is 0 Å². The first-order valence-electron chi connectivity index (χ1n) is 7.92. The van der Waals surface area contributed by atoms with Gasteiger partial charge in [-0.3, -0.25) is 9.59 Å². The zero-order chi connectivity index (χ0) is 17.7. The Morgan fingerprint density at radius 2 is 1.68 bits per heavy atom. The molecular weight excluding hydrogens is 399 g/mol. The Balaban J connectivity index is 1.68. The summed E-state index contributed by atoms with van der Waals surface area (Å²) in [6.07, 6.45) is 1.06. The van der Waals surface area contributed by atoms with E-state index in [1.807, 2.05) is 12.1 Å². The Morgan fingerprint density at radius 3 is 2.44 bits per heavy atom. The fourth-order valence-corrected chi connectivity index (χ4v) is 5.94. The molecular formula is C19H13Cl3O2S. The molecule has 1 saturated carbocycles. The largest absolute Gasteiger partial charge is 0.299 e. The van der Waals surface area contributed by atoms with Crippen LogP contribution in [0.3, 0.4) is 0 Å². The lowest BCUT2D eigenvalue weighted by Crippen LogP contribution is -2.42. The molecule has 1 aliphatic heterocycles. The normalized spacial score (nSPS) is 25.5. The lowest BCUT2D eigenvalue weighted by Gasteiger charge is -2.37. The number of hydrogen-bond donors (Lipinski definition) is 0. The average molecular weight is 412 g/mol. The van der Waals surface area contributed by atoms with Crippen LogP contribution in [0.5, 0.6) is 0 Å². The molecule has 0 aromatic heterocycles. The van der Waals surface area contributed by atoms with Gasteiger partial charge in [-0.1, -0.05) is 40.9 Å². The van der Waals surface area contributed by atoms with Gasteiger partial charge in [-0.25, -0.2) is 0 Å².